The van der Waals surface area contributed by atoms with Gasteiger partial charge in [-0.2, -0.15) is 0 Å². The molecule has 4 heteroatoms. The lowest BCUT2D eigenvalue weighted by Gasteiger charge is -2.15. The van der Waals surface area contributed by atoms with Crippen LogP contribution in [0.2, 0.25) is 0 Å². The zero-order valence-electron chi connectivity index (χ0n) is 12.9. The minimum absolute atomic E-state index is 0.115. The molecular formula is C18H21BrN2O. The molecule has 0 radical (unpaired) electrons. The third-order valence-corrected chi connectivity index (χ3v) is 4.12. The molecule has 1 atom stereocenters. The van der Waals surface area contributed by atoms with Gasteiger partial charge >= 0.3 is 6.03 Å². The predicted octanol–water partition coefficient (Wildman–Crippen LogP) is 4.90. The monoisotopic (exact) mass is 360 g/mol. The zero-order valence-corrected chi connectivity index (χ0v) is 14.5. The summed E-state index contributed by atoms with van der Waals surface area (Å²) in [5.74, 6) is 0. The van der Waals surface area contributed by atoms with Crippen LogP contribution >= 0.6 is 15.9 Å². The number of amides is 2. The van der Waals surface area contributed by atoms with Crippen molar-refractivity contribution in [2.75, 3.05) is 5.32 Å². The van der Waals surface area contributed by atoms with Crippen LogP contribution in [0.3, 0.4) is 0 Å². The second-order valence-corrected chi connectivity index (χ2v) is 6.36. The van der Waals surface area contributed by atoms with Crippen LogP contribution in [0, 0.1) is 6.92 Å². The molecule has 0 fully saturated rings. The van der Waals surface area contributed by atoms with E-state index in [0.717, 1.165) is 28.6 Å². The van der Waals surface area contributed by atoms with E-state index in [0.29, 0.717) is 0 Å². The standard InChI is InChI=1S/C18H21BrN2O/c1-13-8-11-17(16(19)12-13)21-18(22)20-14(2)9-10-15-6-4-3-5-7-15/h3-8,11-12,14H,9-10H2,1-2H3,(H2,20,21,22). The van der Waals surface area contributed by atoms with Crippen LogP contribution in [0.25, 0.3) is 0 Å². The fourth-order valence-electron chi connectivity index (χ4n) is 2.20. The summed E-state index contributed by atoms with van der Waals surface area (Å²) >= 11 is 3.46. The van der Waals surface area contributed by atoms with E-state index in [2.05, 4.69) is 38.7 Å². The Morgan fingerprint density at radius 3 is 2.59 bits per heavy atom. The molecule has 22 heavy (non-hydrogen) atoms. The highest BCUT2D eigenvalue weighted by atomic mass is 79.9. The van der Waals surface area contributed by atoms with E-state index in [9.17, 15) is 4.79 Å². The number of hydrogen-bond donors (Lipinski definition) is 2. The van der Waals surface area contributed by atoms with Crippen LogP contribution in [0.1, 0.15) is 24.5 Å². The van der Waals surface area contributed by atoms with E-state index >= 15 is 0 Å². The van der Waals surface area contributed by atoms with Crippen molar-refractivity contribution in [3.8, 4) is 0 Å². The molecule has 2 aromatic rings. The number of carbonyl (C=O) groups is 1. The van der Waals surface area contributed by atoms with Crippen LogP contribution in [0.15, 0.2) is 53.0 Å². The average Bonchev–Trinajstić information content (AvgIpc) is 2.49. The molecule has 0 spiro atoms. The van der Waals surface area contributed by atoms with Gasteiger partial charge in [-0.05, 0) is 65.9 Å². The van der Waals surface area contributed by atoms with Gasteiger partial charge in [0.05, 0.1) is 5.69 Å². The van der Waals surface area contributed by atoms with Crippen molar-refractivity contribution in [1.29, 1.82) is 0 Å². The number of urea groups is 1. The lowest BCUT2D eigenvalue weighted by Crippen LogP contribution is -2.36. The molecule has 2 amide bonds. The Kier molecular flexibility index (Phi) is 6.01. The van der Waals surface area contributed by atoms with Crippen LogP contribution in [0.4, 0.5) is 10.5 Å². The number of rotatable bonds is 5. The Morgan fingerprint density at radius 2 is 1.91 bits per heavy atom. The van der Waals surface area contributed by atoms with Crippen molar-refractivity contribution < 1.29 is 4.79 Å². The van der Waals surface area contributed by atoms with Crippen LogP contribution in [-0.4, -0.2) is 12.1 Å². The summed E-state index contributed by atoms with van der Waals surface area (Å²) in [6.07, 6.45) is 1.86. The quantitative estimate of drug-likeness (QED) is 0.781. The Bertz CT molecular complexity index is 628. The van der Waals surface area contributed by atoms with E-state index in [-0.39, 0.29) is 12.1 Å². The molecule has 2 rings (SSSR count). The number of aryl methyl sites for hydroxylation is 2. The zero-order chi connectivity index (χ0) is 15.9. The van der Waals surface area contributed by atoms with E-state index in [4.69, 9.17) is 0 Å². The number of hydrogen-bond acceptors (Lipinski definition) is 1. The van der Waals surface area contributed by atoms with E-state index in [1.807, 2.05) is 50.2 Å². The predicted molar refractivity (Wildman–Crippen MR) is 95.3 cm³/mol. The molecule has 0 saturated heterocycles. The lowest BCUT2D eigenvalue weighted by atomic mass is 10.1. The lowest BCUT2D eigenvalue weighted by molar-refractivity contribution is 0.248. The third-order valence-electron chi connectivity index (χ3n) is 3.46. The van der Waals surface area contributed by atoms with Gasteiger partial charge in [0.1, 0.15) is 0 Å². The van der Waals surface area contributed by atoms with Crippen molar-refractivity contribution in [3.05, 3.63) is 64.1 Å². The molecule has 0 heterocycles. The Hall–Kier alpha value is -1.81. The highest BCUT2D eigenvalue weighted by Crippen LogP contribution is 2.23. The number of anilines is 1. The SMILES string of the molecule is Cc1ccc(NC(=O)NC(C)CCc2ccccc2)c(Br)c1. The van der Waals surface area contributed by atoms with Crippen molar-refractivity contribution in [2.24, 2.45) is 0 Å². The van der Waals surface area contributed by atoms with Gasteiger partial charge < -0.3 is 10.6 Å². The molecule has 0 saturated carbocycles. The second kappa shape index (κ2) is 7.99. The number of halogens is 1. The summed E-state index contributed by atoms with van der Waals surface area (Å²) in [5, 5.41) is 5.84. The molecule has 3 nitrogen and oxygen atoms in total. The first kappa shape index (κ1) is 16.6. The summed E-state index contributed by atoms with van der Waals surface area (Å²) in [7, 11) is 0. The summed E-state index contributed by atoms with van der Waals surface area (Å²) < 4.78 is 0.889. The fourth-order valence-corrected chi connectivity index (χ4v) is 2.80. The van der Waals surface area contributed by atoms with Crippen molar-refractivity contribution in [1.82, 2.24) is 5.32 Å². The summed E-state index contributed by atoms with van der Waals surface area (Å²) in [6, 6.07) is 16.1. The third kappa shape index (κ3) is 5.19. The second-order valence-electron chi connectivity index (χ2n) is 5.51. The molecule has 0 aliphatic heterocycles. The van der Waals surface area contributed by atoms with E-state index in [1.54, 1.807) is 0 Å². The molecule has 2 N–H and O–H groups in total. The number of nitrogens with one attached hydrogen (secondary N) is 2. The molecular weight excluding hydrogens is 340 g/mol. The maximum absolute atomic E-state index is 12.0. The van der Waals surface area contributed by atoms with Crippen LogP contribution in [0.5, 0.6) is 0 Å². The smallest absolute Gasteiger partial charge is 0.319 e. The first-order chi connectivity index (χ1) is 10.5. The number of carbonyl (C=O) groups excluding carboxylic acids is 1. The Balaban J connectivity index is 1.81. The minimum Gasteiger partial charge on any atom is -0.335 e. The molecule has 116 valence electrons. The molecule has 0 aliphatic carbocycles. The van der Waals surface area contributed by atoms with Gasteiger partial charge in [-0.1, -0.05) is 36.4 Å². The van der Waals surface area contributed by atoms with Crippen LogP contribution in [-0.2, 0) is 6.42 Å². The highest BCUT2D eigenvalue weighted by Gasteiger charge is 2.09. The van der Waals surface area contributed by atoms with Gasteiger partial charge in [0.15, 0.2) is 0 Å². The molecule has 0 bridgehead atoms. The van der Waals surface area contributed by atoms with E-state index < -0.39 is 0 Å². The number of benzene rings is 2. The van der Waals surface area contributed by atoms with Gasteiger partial charge in [0, 0.05) is 10.5 Å². The highest BCUT2D eigenvalue weighted by molar-refractivity contribution is 9.10. The Labute approximate surface area is 140 Å². The maximum atomic E-state index is 12.0. The minimum atomic E-state index is -0.176. The molecule has 1 unspecified atom stereocenters. The van der Waals surface area contributed by atoms with Gasteiger partial charge in [-0.15, -0.1) is 0 Å². The van der Waals surface area contributed by atoms with Crippen molar-refractivity contribution in [3.63, 3.8) is 0 Å². The molecule has 2 aromatic carbocycles. The van der Waals surface area contributed by atoms with Crippen LogP contribution < -0.4 is 10.6 Å². The largest absolute Gasteiger partial charge is 0.335 e. The summed E-state index contributed by atoms with van der Waals surface area (Å²) in [5.41, 5.74) is 3.21. The molecule has 0 aromatic heterocycles. The topological polar surface area (TPSA) is 41.1 Å². The normalized spacial score (nSPS) is 11.8. The van der Waals surface area contributed by atoms with Gasteiger partial charge in [0.2, 0.25) is 0 Å². The summed E-state index contributed by atoms with van der Waals surface area (Å²) in [6.45, 7) is 4.03. The summed E-state index contributed by atoms with van der Waals surface area (Å²) in [4.78, 5) is 12.0. The first-order valence-electron chi connectivity index (χ1n) is 7.42. The average molecular weight is 361 g/mol. The van der Waals surface area contributed by atoms with Gasteiger partial charge in [-0.3, -0.25) is 0 Å². The van der Waals surface area contributed by atoms with Crippen molar-refractivity contribution in [2.45, 2.75) is 32.7 Å². The van der Waals surface area contributed by atoms with Gasteiger partial charge in [0.25, 0.3) is 0 Å². The first-order valence-corrected chi connectivity index (χ1v) is 8.21. The Morgan fingerprint density at radius 1 is 1.18 bits per heavy atom. The van der Waals surface area contributed by atoms with Gasteiger partial charge in [-0.25, -0.2) is 4.79 Å². The fraction of sp³-hybridized carbons (Fsp3) is 0.278. The molecule has 0 aliphatic rings. The maximum Gasteiger partial charge on any atom is 0.319 e. The van der Waals surface area contributed by atoms with E-state index in [1.165, 1.54) is 5.56 Å². The van der Waals surface area contributed by atoms with Crippen molar-refractivity contribution >= 4 is 27.6 Å².